The monoisotopic (exact) mass is 186 g/mol. The highest BCUT2D eigenvalue weighted by Gasteiger charge is 2.28. The van der Waals surface area contributed by atoms with E-state index in [1.807, 2.05) is 0 Å². The van der Waals surface area contributed by atoms with Crippen LogP contribution in [0.5, 0.6) is 0 Å². The fraction of sp³-hybridized carbons (Fsp3) is 1.00. The standard InChI is InChI=1S/C10H22N2O/c1-2-12-8-3-4-10(13,5-7-11)6-9-12/h13H,2-9,11H2,1H3. The molecular weight excluding hydrogens is 164 g/mol. The first kappa shape index (κ1) is 11.0. The van der Waals surface area contributed by atoms with E-state index in [0.29, 0.717) is 6.54 Å². The molecule has 0 aromatic rings. The maximum atomic E-state index is 10.2. The molecule has 0 amide bonds. The maximum Gasteiger partial charge on any atom is 0.0672 e. The molecule has 3 nitrogen and oxygen atoms in total. The van der Waals surface area contributed by atoms with E-state index in [0.717, 1.165) is 45.3 Å². The summed E-state index contributed by atoms with van der Waals surface area (Å²) in [6.07, 6.45) is 3.66. The Labute approximate surface area is 80.9 Å². The zero-order valence-electron chi connectivity index (χ0n) is 8.63. The van der Waals surface area contributed by atoms with Crippen molar-refractivity contribution in [3.63, 3.8) is 0 Å². The summed E-state index contributed by atoms with van der Waals surface area (Å²) in [5, 5.41) is 10.2. The van der Waals surface area contributed by atoms with Crippen molar-refractivity contribution in [2.24, 2.45) is 5.73 Å². The minimum Gasteiger partial charge on any atom is -0.390 e. The Kier molecular flexibility index (Phi) is 4.16. The third-order valence-electron chi connectivity index (χ3n) is 3.07. The van der Waals surface area contributed by atoms with Crippen LogP contribution in [-0.4, -0.2) is 41.8 Å². The number of rotatable bonds is 3. The number of nitrogens with zero attached hydrogens (tertiary/aromatic N) is 1. The molecule has 1 aliphatic heterocycles. The number of likely N-dealkylation sites (tertiary alicyclic amines) is 1. The van der Waals surface area contributed by atoms with Gasteiger partial charge in [0.15, 0.2) is 0 Å². The Morgan fingerprint density at radius 1 is 1.38 bits per heavy atom. The number of aliphatic hydroxyl groups is 1. The van der Waals surface area contributed by atoms with Crippen molar-refractivity contribution in [2.45, 2.75) is 38.2 Å². The first-order valence-corrected chi connectivity index (χ1v) is 5.35. The van der Waals surface area contributed by atoms with Crippen molar-refractivity contribution in [1.82, 2.24) is 4.90 Å². The molecule has 13 heavy (non-hydrogen) atoms. The highest BCUT2D eigenvalue weighted by Crippen LogP contribution is 2.24. The predicted octanol–water partition coefficient (Wildman–Crippen LogP) is 0.572. The summed E-state index contributed by atoms with van der Waals surface area (Å²) in [5.74, 6) is 0. The van der Waals surface area contributed by atoms with Crippen molar-refractivity contribution in [1.29, 1.82) is 0 Å². The Hall–Kier alpha value is -0.120. The summed E-state index contributed by atoms with van der Waals surface area (Å²) >= 11 is 0. The lowest BCUT2D eigenvalue weighted by Crippen LogP contribution is -2.33. The maximum absolute atomic E-state index is 10.2. The molecule has 3 N–H and O–H groups in total. The topological polar surface area (TPSA) is 49.5 Å². The van der Waals surface area contributed by atoms with E-state index >= 15 is 0 Å². The smallest absolute Gasteiger partial charge is 0.0672 e. The molecule has 1 rings (SSSR count). The van der Waals surface area contributed by atoms with Crippen molar-refractivity contribution in [3.8, 4) is 0 Å². The van der Waals surface area contributed by atoms with Crippen LogP contribution in [0.2, 0.25) is 0 Å². The summed E-state index contributed by atoms with van der Waals surface area (Å²) < 4.78 is 0. The van der Waals surface area contributed by atoms with Gasteiger partial charge in [-0.2, -0.15) is 0 Å². The lowest BCUT2D eigenvalue weighted by molar-refractivity contribution is 0.0195. The van der Waals surface area contributed by atoms with Crippen LogP contribution in [0.4, 0.5) is 0 Å². The molecular formula is C10H22N2O. The zero-order chi connectivity index (χ0) is 9.73. The van der Waals surface area contributed by atoms with Gasteiger partial charge in [-0.1, -0.05) is 6.92 Å². The Morgan fingerprint density at radius 2 is 2.15 bits per heavy atom. The Morgan fingerprint density at radius 3 is 2.77 bits per heavy atom. The van der Waals surface area contributed by atoms with E-state index in [4.69, 9.17) is 5.73 Å². The van der Waals surface area contributed by atoms with Gasteiger partial charge >= 0.3 is 0 Å². The second-order valence-electron chi connectivity index (χ2n) is 4.05. The molecule has 3 heteroatoms. The van der Waals surface area contributed by atoms with Gasteiger partial charge in [0, 0.05) is 6.54 Å². The van der Waals surface area contributed by atoms with E-state index in [2.05, 4.69) is 11.8 Å². The summed E-state index contributed by atoms with van der Waals surface area (Å²) in [7, 11) is 0. The molecule has 0 aromatic heterocycles. The normalized spacial score (nSPS) is 31.6. The zero-order valence-corrected chi connectivity index (χ0v) is 8.63. The largest absolute Gasteiger partial charge is 0.390 e. The van der Waals surface area contributed by atoms with Crippen LogP contribution in [-0.2, 0) is 0 Å². The van der Waals surface area contributed by atoms with Crippen LogP contribution < -0.4 is 5.73 Å². The summed E-state index contributed by atoms with van der Waals surface area (Å²) in [4.78, 5) is 2.40. The Bertz CT molecular complexity index is 152. The Balaban J connectivity index is 2.42. The summed E-state index contributed by atoms with van der Waals surface area (Å²) in [5.41, 5.74) is 5.02. The molecule has 1 atom stereocenters. The molecule has 1 heterocycles. The third kappa shape index (κ3) is 3.25. The number of hydrogen-bond acceptors (Lipinski definition) is 3. The molecule has 0 bridgehead atoms. The van der Waals surface area contributed by atoms with Crippen LogP contribution >= 0.6 is 0 Å². The first-order valence-electron chi connectivity index (χ1n) is 5.35. The fourth-order valence-corrected chi connectivity index (χ4v) is 2.07. The van der Waals surface area contributed by atoms with Crippen LogP contribution in [0.25, 0.3) is 0 Å². The minimum absolute atomic E-state index is 0.474. The number of hydrogen-bond donors (Lipinski definition) is 2. The predicted molar refractivity (Wildman–Crippen MR) is 54.6 cm³/mol. The van der Waals surface area contributed by atoms with Crippen LogP contribution in [0.1, 0.15) is 32.6 Å². The lowest BCUT2D eigenvalue weighted by Gasteiger charge is -2.26. The van der Waals surface area contributed by atoms with Gasteiger partial charge < -0.3 is 15.7 Å². The molecule has 78 valence electrons. The molecule has 1 saturated heterocycles. The lowest BCUT2D eigenvalue weighted by atomic mass is 9.91. The molecule has 0 saturated carbocycles. The van der Waals surface area contributed by atoms with Crippen LogP contribution in [0.3, 0.4) is 0 Å². The van der Waals surface area contributed by atoms with E-state index in [1.54, 1.807) is 0 Å². The van der Waals surface area contributed by atoms with Gasteiger partial charge in [-0.05, 0) is 45.3 Å². The SMILES string of the molecule is CCN1CCCC(O)(CCN)CC1. The second kappa shape index (κ2) is 4.94. The van der Waals surface area contributed by atoms with Gasteiger partial charge in [0.1, 0.15) is 0 Å². The third-order valence-corrected chi connectivity index (χ3v) is 3.07. The minimum atomic E-state index is -0.474. The van der Waals surface area contributed by atoms with Gasteiger partial charge in [0.05, 0.1) is 5.60 Å². The van der Waals surface area contributed by atoms with E-state index in [1.165, 1.54) is 0 Å². The fourth-order valence-electron chi connectivity index (χ4n) is 2.07. The van der Waals surface area contributed by atoms with Crippen LogP contribution in [0, 0.1) is 0 Å². The summed E-state index contributed by atoms with van der Waals surface area (Å²) in [6.45, 7) is 6.02. The van der Waals surface area contributed by atoms with E-state index in [-0.39, 0.29) is 0 Å². The number of nitrogens with two attached hydrogens (primary N) is 1. The highest BCUT2D eigenvalue weighted by atomic mass is 16.3. The van der Waals surface area contributed by atoms with Crippen LogP contribution in [0.15, 0.2) is 0 Å². The van der Waals surface area contributed by atoms with Crippen molar-refractivity contribution in [3.05, 3.63) is 0 Å². The van der Waals surface area contributed by atoms with E-state index in [9.17, 15) is 5.11 Å². The van der Waals surface area contributed by atoms with Crippen molar-refractivity contribution in [2.75, 3.05) is 26.2 Å². The van der Waals surface area contributed by atoms with Gasteiger partial charge in [-0.3, -0.25) is 0 Å². The molecule has 0 radical (unpaired) electrons. The van der Waals surface area contributed by atoms with Crippen molar-refractivity contribution >= 4 is 0 Å². The first-order chi connectivity index (χ1) is 6.20. The van der Waals surface area contributed by atoms with Gasteiger partial charge in [0.2, 0.25) is 0 Å². The van der Waals surface area contributed by atoms with Gasteiger partial charge in [-0.25, -0.2) is 0 Å². The van der Waals surface area contributed by atoms with Gasteiger partial charge in [-0.15, -0.1) is 0 Å². The quantitative estimate of drug-likeness (QED) is 0.677. The molecule has 1 unspecified atom stereocenters. The average molecular weight is 186 g/mol. The molecule has 0 aliphatic carbocycles. The molecule has 1 fully saturated rings. The average Bonchev–Trinajstić information content (AvgIpc) is 2.28. The van der Waals surface area contributed by atoms with Crippen molar-refractivity contribution < 1.29 is 5.11 Å². The molecule has 0 aromatic carbocycles. The van der Waals surface area contributed by atoms with E-state index < -0.39 is 5.60 Å². The molecule has 0 spiro atoms. The molecule has 1 aliphatic rings. The summed E-state index contributed by atoms with van der Waals surface area (Å²) in [6, 6.07) is 0. The van der Waals surface area contributed by atoms with Gasteiger partial charge in [0.25, 0.3) is 0 Å². The highest BCUT2D eigenvalue weighted by molar-refractivity contribution is 4.83. The second-order valence-corrected chi connectivity index (χ2v) is 4.05.